The molecule has 2 rings (SSSR count). The fourth-order valence-corrected chi connectivity index (χ4v) is 3.50. The first-order valence-corrected chi connectivity index (χ1v) is 7.33. The minimum atomic E-state index is 0.455. The van der Waals surface area contributed by atoms with Gasteiger partial charge in [-0.3, -0.25) is 0 Å². The van der Waals surface area contributed by atoms with E-state index in [-0.39, 0.29) is 0 Å². The van der Waals surface area contributed by atoms with E-state index in [1.54, 1.807) is 0 Å². The summed E-state index contributed by atoms with van der Waals surface area (Å²) in [5.74, 6) is 0.455. The molecule has 100 valence electrons. The fourth-order valence-electron chi connectivity index (χ4n) is 3.50. The summed E-state index contributed by atoms with van der Waals surface area (Å²) in [6.07, 6.45) is 14.5. The highest BCUT2D eigenvalue weighted by atomic mass is 15.3. The number of rotatable bonds is 2. The van der Waals surface area contributed by atoms with Gasteiger partial charge in [0.2, 0.25) is 12.2 Å². The van der Waals surface area contributed by atoms with Crippen LogP contribution in [0.3, 0.4) is 0 Å². The van der Waals surface area contributed by atoms with Gasteiger partial charge < -0.3 is 10.6 Å². The van der Waals surface area contributed by atoms with Gasteiger partial charge in [-0.1, -0.05) is 38.5 Å². The highest BCUT2D eigenvalue weighted by Gasteiger charge is 2.30. The van der Waals surface area contributed by atoms with Gasteiger partial charge >= 0.3 is 0 Å². The Labute approximate surface area is 110 Å². The third-order valence-electron chi connectivity index (χ3n) is 4.37. The first-order chi connectivity index (χ1) is 8.83. The zero-order valence-corrected chi connectivity index (χ0v) is 11.1. The van der Waals surface area contributed by atoms with Crippen LogP contribution < -0.4 is 5.73 Å². The molecule has 0 unspecified atom stereocenters. The van der Waals surface area contributed by atoms with Crippen molar-refractivity contribution in [1.82, 2.24) is 4.90 Å². The van der Waals surface area contributed by atoms with Crippen LogP contribution in [0.15, 0.2) is 4.99 Å². The zero-order valence-electron chi connectivity index (χ0n) is 11.1. The summed E-state index contributed by atoms with van der Waals surface area (Å²) in [5, 5.41) is 8.74. The Morgan fingerprint density at radius 2 is 1.39 bits per heavy atom. The molecule has 2 aliphatic rings. The van der Waals surface area contributed by atoms with Crippen molar-refractivity contribution in [1.29, 1.82) is 5.26 Å². The number of nitriles is 1. The van der Waals surface area contributed by atoms with Crippen molar-refractivity contribution in [3.63, 3.8) is 0 Å². The zero-order chi connectivity index (χ0) is 12.8. The molecule has 2 fully saturated rings. The van der Waals surface area contributed by atoms with Gasteiger partial charge in [-0.25, -0.2) is 0 Å². The molecule has 4 nitrogen and oxygen atoms in total. The molecule has 0 aromatic rings. The van der Waals surface area contributed by atoms with E-state index in [9.17, 15) is 0 Å². The Hall–Kier alpha value is -1.24. The normalized spacial score (nSPS) is 23.6. The molecule has 0 spiro atoms. The van der Waals surface area contributed by atoms with Gasteiger partial charge in [0.05, 0.1) is 0 Å². The van der Waals surface area contributed by atoms with Gasteiger partial charge in [0, 0.05) is 12.1 Å². The largest absolute Gasteiger partial charge is 0.369 e. The van der Waals surface area contributed by atoms with Crippen LogP contribution in [0, 0.1) is 11.5 Å². The first kappa shape index (κ1) is 13.2. The molecule has 0 radical (unpaired) electrons. The molecule has 0 saturated heterocycles. The van der Waals surface area contributed by atoms with E-state index in [1.807, 2.05) is 6.19 Å². The predicted octanol–water partition coefficient (Wildman–Crippen LogP) is 2.75. The molecule has 0 bridgehead atoms. The molecule has 0 heterocycles. The minimum absolute atomic E-state index is 0.455. The van der Waals surface area contributed by atoms with Crippen molar-refractivity contribution in [3.8, 4) is 6.19 Å². The standard InChI is InChI=1S/C14H24N4/c15-11-17-14(16)18(12-7-3-1-4-8-12)13-9-5-2-6-10-13/h12-13H,1-10H2,(H2,16,17). The van der Waals surface area contributed by atoms with Crippen LogP contribution in [0.2, 0.25) is 0 Å². The van der Waals surface area contributed by atoms with Crippen LogP contribution in [-0.4, -0.2) is 22.9 Å². The van der Waals surface area contributed by atoms with Crippen molar-refractivity contribution in [2.45, 2.75) is 76.3 Å². The number of guanidine groups is 1. The van der Waals surface area contributed by atoms with Gasteiger partial charge in [0.1, 0.15) is 0 Å². The molecule has 2 saturated carbocycles. The summed E-state index contributed by atoms with van der Waals surface area (Å²) < 4.78 is 0. The SMILES string of the molecule is N#CN=C(N)N(C1CCCCC1)C1CCCCC1. The summed E-state index contributed by atoms with van der Waals surface area (Å²) in [4.78, 5) is 6.08. The number of hydrogen-bond donors (Lipinski definition) is 1. The number of hydrogen-bond acceptors (Lipinski definition) is 2. The van der Waals surface area contributed by atoms with Crippen LogP contribution >= 0.6 is 0 Å². The Bertz CT molecular complexity index is 301. The van der Waals surface area contributed by atoms with Gasteiger partial charge in [0.15, 0.2) is 0 Å². The lowest BCUT2D eigenvalue weighted by Crippen LogP contribution is -2.51. The smallest absolute Gasteiger partial charge is 0.209 e. The number of nitrogens with zero attached hydrogens (tertiary/aromatic N) is 3. The Morgan fingerprint density at radius 1 is 0.944 bits per heavy atom. The molecule has 2 aliphatic carbocycles. The lowest BCUT2D eigenvalue weighted by atomic mass is 9.89. The summed E-state index contributed by atoms with van der Waals surface area (Å²) in [5.41, 5.74) is 6.04. The van der Waals surface area contributed by atoms with Crippen molar-refractivity contribution >= 4 is 5.96 Å². The molecule has 4 heteroatoms. The second-order valence-electron chi connectivity index (χ2n) is 5.56. The van der Waals surface area contributed by atoms with Crippen LogP contribution in [0.4, 0.5) is 0 Å². The second-order valence-corrected chi connectivity index (χ2v) is 5.56. The Kier molecular flexibility index (Phi) is 4.86. The van der Waals surface area contributed by atoms with Crippen LogP contribution in [0.5, 0.6) is 0 Å². The third kappa shape index (κ3) is 3.16. The van der Waals surface area contributed by atoms with E-state index in [0.29, 0.717) is 18.0 Å². The average molecular weight is 248 g/mol. The van der Waals surface area contributed by atoms with Crippen molar-refractivity contribution in [2.75, 3.05) is 0 Å². The van der Waals surface area contributed by atoms with E-state index in [2.05, 4.69) is 9.89 Å². The molecule has 2 N–H and O–H groups in total. The van der Waals surface area contributed by atoms with Gasteiger partial charge in [-0.05, 0) is 25.7 Å². The maximum Gasteiger partial charge on any atom is 0.209 e. The van der Waals surface area contributed by atoms with Crippen molar-refractivity contribution in [2.24, 2.45) is 10.7 Å². The van der Waals surface area contributed by atoms with E-state index in [0.717, 1.165) is 0 Å². The lowest BCUT2D eigenvalue weighted by Gasteiger charge is -2.42. The fraction of sp³-hybridized carbons (Fsp3) is 0.857. The molecule has 0 amide bonds. The van der Waals surface area contributed by atoms with Crippen LogP contribution in [0.1, 0.15) is 64.2 Å². The van der Waals surface area contributed by atoms with Gasteiger partial charge in [-0.2, -0.15) is 5.26 Å². The topological polar surface area (TPSA) is 65.4 Å². The van der Waals surface area contributed by atoms with Crippen molar-refractivity contribution < 1.29 is 0 Å². The van der Waals surface area contributed by atoms with E-state index in [4.69, 9.17) is 11.0 Å². The summed E-state index contributed by atoms with van der Waals surface area (Å²) in [7, 11) is 0. The Balaban J connectivity index is 2.10. The maximum absolute atomic E-state index is 8.74. The predicted molar refractivity (Wildman–Crippen MR) is 72.8 cm³/mol. The molecule has 0 aromatic heterocycles. The number of aliphatic imine (C=N–C) groups is 1. The van der Waals surface area contributed by atoms with E-state index < -0.39 is 0 Å². The Morgan fingerprint density at radius 3 is 1.78 bits per heavy atom. The third-order valence-corrected chi connectivity index (χ3v) is 4.37. The molecule has 0 aromatic carbocycles. The van der Waals surface area contributed by atoms with Gasteiger partial charge in [0.25, 0.3) is 0 Å². The number of nitrogens with two attached hydrogens (primary N) is 1. The average Bonchev–Trinajstić information content (AvgIpc) is 2.42. The quantitative estimate of drug-likeness (QED) is 0.464. The second kappa shape index (κ2) is 6.63. The van der Waals surface area contributed by atoms with Crippen LogP contribution in [-0.2, 0) is 0 Å². The summed E-state index contributed by atoms with van der Waals surface area (Å²) in [6, 6.07) is 1.03. The highest BCUT2D eigenvalue weighted by molar-refractivity contribution is 5.79. The van der Waals surface area contributed by atoms with Crippen molar-refractivity contribution in [3.05, 3.63) is 0 Å². The minimum Gasteiger partial charge on any atom is -0.369 e. The maximum atomic E-state index is 8.74. The summed E-state index contributed by atoms with van der Waals surface area (Å²) in [6.45, 7) is 0. The molecular weight excluding hydrogens is 224 g/mol. The molecule has 0 aliphatic heterocycles. The lowest BCUT2D eigenvalue weighted by molar-refractivity contribution is 0.156. The first-order valence-electron chi connectivity index (χ1n) is 7.33. The monoisotopic (exact) mass is 248 g/mol. The highest BCUT2D eigenvalue weighted by Crippen LogP contribution is 2.29. The van der Waals surface area contributed by atoms with Gasteiger partial charge in [-0.15, -0.1) is 4.99 Å². The molecule has 0 atom stereocenters. The molecule has 18 heavy (non-hydrogen) atoms. The van der Waals surface area contributed by atoms with Crippen LogP contribution in [0.25, 0.3) is 0 Å². The summed E-state index contributed by atoms with van der Waals surface area (Å²) >= 11 is 0. The van der Waals surface area contributed by atoms with E-state index >= 15 is 0 Å². The molecular formula is C14H24N4. The van der Waals surface area contributed by atoms with E-state index in [1.165, 1.54) is 64.2 Å².